The summed E-state index contributed by atoms with van der Waals surface area (Å²) in [7, 11) is 0. The fraction of sp³-hybridized carbons (Fsp3) is 0.409. The normalized spacial score (nSPS) is 17.8. The Morgan fingerprint density at radius 3 is 2.52 bits per heavy atom. The summed E-state index contributed by atoms with van der Waals surface area (Å²) in [4.78, 5) is 28.0. The average Bonchev–Trinajstić information content (AvgIpc) is 2.79. The number of rotatable bonds is 4. The summed E-state index contributed by atoms with van der Waals surface area (Å²) in [6, 6.07) is 10.0. The Morgan fingerprint density at radius 2 is 1.76 bits per heavy atom. The van der Waals surface area contributed by atoms with Crippen LogP contribution in [0.25, 0.3) is 6.08 Å². The molecule has 2 saturated heterocycles. The van der Waals surface area contributed by atoms with Crippen molar-refractivity contribution in [2.45, 2.75) is 6.92 Å². The molecule has 3 heterocycles. The number of aromatic nitrogens is 2. The van der Waals surface area contributed by atoms with Crippen LogP contribution in [0.2, 0.25) is 0 Å². The van der Waals surface area contributed by atoms with Crippen molar-refractivity contribution in [3.8, 4) is 0 Å². The molecule has 1 aromatic carbocycles. The highest BCUT2D eigenvalue weighted by atomic mass is 16.5. The number of benzene rings is 1. The van der Waals surface area contributed by atoms with Crippen LogP contribution in [-0.4, -0.2) is 73.3 Å². The van der Waals surface area contributed by atoms with E-state index < -0.39 is 0 Å². The van der Waals surface area contributed by atoms with Crippen LogP contribution in [0.3, 0.4) is 0 Å². The lowest BCUT2D eigenvalue weighted by Crippen LogP contribution is -2.48. The molecule has 4 rings (SSSR count). The molecule has 2 aromatic rings. The van der Waals surface area contributed by atoms with E-state index in [-0.39, 0.29) is 5.91 Å². The monoisotopic (exact) mass is 393 g/mol. The highest BCUT2D eigenvalue weighted by Crippen LogP contribution is 2.18. The van der Waals surface area contributed by atoms with Crippen molar-refractivity contribution in [1.29, 1.82) is 0 Å². The SMILES string of the molecule is Cc1ccccc1/C=C/C(=O)N1CCN(c2ccnc(N3CCOCC3)n2)CC1. The summed E-state index contributed by atoms with van der Waals surface area (Å²) in [6.07, 6.45) is 5.40. The third-order valence-corrected chi connectivity index (χ3v) is 5.43. The zero-order valence-corrected chi connectivity index (χ0v) is 16.8. The van der Waals surface area contributed by atoms with E-state index in [0.29, 0.717) is 26.3 Å². The molecule has 152 valence electrons. The Kier molecular flexibility index (Phi) is 6.05. The zero-order valence-electron chi connectivity index (χ0n) is 16.8. The Balaban J connectivity index is 1.34. The largest absolute Gasteiger partial charge is 0.378 e. The van der Waals surface area contributed by atoms with Gasteiger partial charge in [-0.1, -0.05) is 24.3 Å². The maximum Gasteiger partial charge on any atom is 0.246 e. The molecule has 0 atom stereocenters. The van der Waals surface area contributed by atoms with Crippen molar-refractivity contribution < 1.29 is 9.53 Å². The minimum atomic E-state index is 0.0598. The van der Waals surface area contributed by atoms with Crippen LogP contribution in [0, 0.1) is 6.92 Å². The van der Waals surface area contributed by atoms with Gasteiger partial charge >= 0.3 is 0 Å². The van der Waals surface area contributed by atoms with Crippen molar-refractivity contribution in [2.24, 2.45) is 0 Å². The first-order valence-electron chi connectivity index (χ1n) is 10.1. The van der Waals surface area contributed by atoms with Gasteiger partial charge in [-0.3, -0.25) is 4.79 Å². The molecule has 0 aliphatic carbocycles. The van der Waals surface area contributed by atoms with Crippen molar-refractivity contribution in [3.63, 3.8) is 0 Å². The molecule has 7 nitrogen and oxygen atoms in total. The van der Waals surface area contributed by atoms with Crippen LogP contribution in [0.15, 0.2) is 42.6 Å². The fourth-order valence-electron chi connectivity index (χ4n) is 3.63. The first-order valence-corrected chi connectivity index (χ1v) is 10.1. The van der Waals surface area contributed by atoms with Gasteiger partial charge in [-0.15, -0.1) is 0 Å². The summed E-state index contributed by atoms with van der Waals surface area (Å²) in [5.41, 5.74) is 2.25. The second kappa shape index (κ2) is 9.05. The third kappa shape index (κ3) is 4.74. The van der Waals surface area contributed by atoms with Crippen molar-refractivity contribution in [3.05, 3.63) is 53.7 Å². The van der Waals surface area contributed by atoms with Crippen molar-refractivity contribution in [1.82, 2.24) is 14.9 Å². The van der Waals surface area contributed by atoms with Crippen LogP contribution >= 0.6 is 0 Å². The highest BCUT2D eigenvalue weighted by Gasteiger charge is 2.22. The topological polar surface area (TPSA) is 61.8 Å². The summed E-state index contributed by atoms with van der Waals surface area (Å²) in [5.74, 6) is 1.74. The lowest BCUT2D eigenvalue weighted by molar-refractivity contribution is -0.126. The number of ether oxygens (including phenoxy) is 1. The van der Waals surface area contributed by atoms with Crippen LogP contribution < -0.4 is 9.80 Å². The maximum absolute atomic E-state index is 12.6. The lowest BCUT2D eigenvalue weighted by atomic mass is 10.1. The summed E-state index contributed by atoms with van der Waals surface area (Å²) >= 11 is 0. The Labute approximate surface area is 171 Å². The Morgan fingerprint density at radius 1 is 1.00 bits per heavy atom. The molecule has 2 aliphatic heterocycles. The second-order valence-electron chi connectivity index (χ2n) is 7.32. The number of nitrogens with zero attached hydrogens (tertiary/aromatic N) is 5. The van der Waals surface area contributed by atoms with Gasteiger partial charge in [0.15, 0.2) is 0 Å². The number of carbonyl (C=O) groups is 1. The molecule has 2 aliphatic rings. The number of hydrogen-bond acceptors (Lipinski definition) is 6. The second-order valence-corrected chi connectivity index (χ2v) is 7.32. The molecule has 0 unspecified atom stereocenters. The van der Waals surface area contributed by atoms with E-state index in [1.807, 2.05) is 41.4 Å². The van der Waals surface area contributed by atoms with E-state index in [2.05, 4.69) is 27.8 Å². The summed E-state index contributed by atoms with van der Waals surface area (Å²) in [6.45, 7) is 8.03. The maximum atomic E-state index is 12.6. The Hall–Kier alpha value is -2.93. The van der Waals surface area contributed by atoms with Gasteiger partial charge in [0, 0.05) is 51.5 Å². The molecule has 0 bridgehead atoms. The van der Waals surface area contributed by atoms with Gasteiger partial charge in [0.1, 0.15) is 5.82 Å². The number of hydrogen-bond donors (Lipinski definition) is 0. The van der Waals surface area contributed by atoms with Gasteiger partial charge in [-0.25, -0.2) is 4.98 Å². The zero-order chi connectivity index (χ0) is 20.1. The molecule has 1 aromatic heterocycles. The van der Waals surface area contributed by atoms with Gasteiger partial charge in [-0.2, -0.15) is 4.98 Å². The van der Waals surface area contributed by atoms with Crippen LogP contribution in [0.5, 0.6) is 0 Å². The standard InChI is InChI=1S/C22H27N5O2/c1-18-4-2-3-5-19(18)6-7-21(28)26-12-10-25(11-13-26)20-8-9-23-22(24-20)27-14-16-29-17-15-27/h2-9H,10-17H2,1H3/b7-6+. The number of anilines is 2. The molecule has 0 N–H and O–H groups in total. The first-order chi connectivity index (χ1) is 14.2. The van der Waals surface area contributed by atoms with E-state index in [9.17, 15) is 4.79 Å². The van der Waals surface area contributed by atoms with Crippen LogP contribution in [0.4, 0.5) is 11.8 Å². The molecule has 0 saturated carbocycles. The van der Waals surface area contributed by atoms with Gasteiger partial charge in [0.25, 0.3) is 0 Å². The molecular formula is C22H27N5O2. The van der Waals surface area contributed by atoms with E-state index in [0.717, 1.165) is 43.5 Å². The van der Waals surface area contributed by atoms with Gasteiger partial charge < -0.3 is 19.4 Å². The number of amides is 1. The molecule has 7 heteroatoms. The minimum absolute atomic E-state index is 0.0598. The molecule has 0 radical (unpaired) electrons. The molecular weight excluding hydrogens is 366 g/mol. The lowest BCUT2D eigenvalue weighted by Gasteiger charge is -2.35. The predicted octanol–water partition coefficient (Wildman–Crippen LogP) is 1.98. The van der Waals surface area contributed by atoms with Gasteiger partial charge in [0.2, 0.25) is 11.9 Å². The van der Waals surface area contributed by atoms with Gasteiger partial charge in [-0.05, 0) is 30.2 Å². The quantitative estimate of drug-likeness (QED) is 0.741. The fourth-order valence-corrected chi connectivity index (χ4v) is 3.63. The van der Waals surface area contributed by atoms with Gasteiger partial charge in [0.05, 0.1) is 13.2 Å². The number of piperazine rings is 1. The van der Waals surface area contributed by atoms with E-state index in [1.165, 1.54) is 5.56 Å². The molecule has 2 fully saturated rings. The first kappa shape index (κ1) is 19.4. The van der Waals surface area contributed by atoms with E-state index >= 15 is 0 Å². The van der Waals surface area contributed by atoms with Crippen LogP contribution in [-0.2, 0) is 9.53 Å². The molecule has 0 spiro atoms. The minimum Gasteiger partial charge on any atom is -0.378 e. The van der Waals surface area contributed by atoms with E-state index in [1.54, 1.807) is 6.08 Å². The predicted molar refractivity (Wildman–Crippen MR) is 114 cm³/mol. The van der Waals surface area contributed by atoms with Crippen molar-refractivity contribution >= 4 is 23.7 Å². The third-order valence-electron chi connectivity index (χ3n) is 5.43. The number of aryl methyl sites for hydroxylation is 1. The van der Waals surface area contributed by atoms with Crippen LogP contribution in [0.1, 0.15) is 11.1 Å². The highest BCUT2D eigenvalue weighted by molar-refractivity contribution is 5.92. The Bertz CT molecular complexity index is 871. The number of carbonyl (C=O) groups excluding carboxylic acids is 1. The molecule has 29 heavy (non-hydrogen) atoms. The average molecular weight is 393 g/mol. The smallest absolute Gasteiger partial charge is 0.246 e. The number of morpholine rings is 1. The summed E-state index contributed by atoms with van der Waals surface area (Å²) < 4.78 is 5.41. The summed E-state index contributed by atoms with van der Waals surface area (Å²) in [5, 5.41) is 0. The molecule has 1 amide bonds. The van der Waals surface area contributed by atoms with Crippen molar-refractivity contribution in [2.75, 3.05) is 62.3 Å². The van der Waals surface area contributed by atoms with E-state index in [4.69, 9.17) is 9.72 Å².